The van der Waals surface area contributed by atoms with E-state index in [1.54, 1.807) is 10.9 Å². The molecule has 96 valence electrons. The van der Waals surface area contributed by atoms with E-state index in [0.29, 0.717) is 17.1 Å². The van der Waals surface area contributed by atoms with Crippen molar-refractivity contribution >= 4 is 17.4 Å². The molecule has 1 heterocycles. The number of Topliss-reactive ketones (excluding diaryl/α,β-unsaturated/α-hetero) is 1. The zero-order valence-corrected chi connectivity index (χ0v) is 11.4. The molecular formula is C12H20ClN3O. The molecule has 1 N–H and O–H groups in total. The Morgan fingerprint density at radius 3 is 2.88 bits per heavy atom. The molecule has 4 nitrogen and oxygen atoms in total. The Bertz CT molecular complexity index is 376. The zero-order chi connectivity index (χ0) is 12.8. The topological polar surface area (TPSA) is 46.9 Å². The van der Waals surface area contributed by atoms with E-state index in [0.717, 1.165) is 19.5 Å². The maximum atomic E-state index is 12.1. The number of ketones is 1. The minimum absolute atomic E-state index is 0.0504. The van der Waals surface area contributed by atoms with Gasteiger partial charge >= 0.3 is 0 Å². The summed E-state index contributed by atoms with van der Waals surface area (Å²) in [5.74, 6) is 0.0504. The number of aryl methyl sites for hydroxylation is 1. The van der Waals surface area contributed by atoms with Crippen molar-refractivity contribution in [2.24, 2.45) is 0 Å². The Morgan fingerprint density at radius 2 is 2.29 bits per heavy atom. The fourth-order valence-corrected chi connectivity index (χ4v) is 2.06. The Hall–Kier alpha value is -0.870. The van der Waals surface area contributed by atoms with Crippen LogP contribution in [-0.4, -0.2) is 28.2 Å². The first-order valence-electron chi connectivity index (χ1n) is 6.08. The van der Waals surface area contributed by atoms with Crippen LogP contribution in [-0.2, 0) is 6.54 Å². The number of nitrogens with zero attached hydrogens (tertiary/aromatic N) is 2. The minimum Gasteiger partial charge on any atom is -0.314 e. The lowest BCUT2D eigenvalue weighted by Gasteiger charge is -2.12. The van der Waals surface area contributed by atoms with Crippen LogP contribution in [0.3, 0.4) is 0 Å². The van der Waals surface area contributed by atoms with Crippen molar-refractivity contribution in [1.29, 1.82) is 0 Å². The van der Waals surface area contributed by atoms with Crippen molar-refractivity contribution in [1.82, 2.24) is 15.1 Å². The van der Waals surface area contributed by atoms with Crippen LogP contribution in [0.5, 0.6) is 0 Å². The van der Waals surface area contributed by atoms with E-state index >= 15 is 0 Å². The molecule has 0 aliphatic heterocycles. The summed E-state index contributed by atoms with van der Waals surface area (Å²) in [6.07, 6.45) is 2.92. The molecule has 17 heavy (non-hydrogen) atoms. The van der Waals surface area contributed by atoms with E-state index in [2.05, 4.69) is 10.4 Å². The van der Waals surface area contributed by atoms with E-state index in [9.17, 15) is 4.79 Å². The highest BCUT2D eigenvalue weighted by Gasteiger charge is 2.18. The van der Waals surface area contributed by atoms with E-state index < -0.39 is 0 Å². The Kier molecular flexibility index (Phi) is 5.65. The molecule has 1 rings (SSSR count). The van der Waals surface area contributed by atoms with E-state index in [1.165, 1.54) is 0 Å². The molecule has 0 saturated carbocycles. The molecule has 0 saturated heterocycles. The first-order valence-corrected chi connectivity index (χ1v) is 6.45. The number of aromatic nitrogens is 2. The number of carbonyl (C=O) groups excluding carboxylic acids is 1. The third-order valence-electron chi connectivity index (χ3n) is 2.54. The van der Waals surface area contributed by atoms with Gasteiger partial charge in [0.25, 0.3) is 0 Å². The average Bonchev–Trinajstić information content (AvgIpc) is 2.60. The third-order valence-corrected chi connectivity index (χ3v) is 2.82. The molecule has 0 radical (unpaired) electrons. The number of hydrogen-bond acceptors (Lipinski definition) is 3. The smallest absolute Gasteiger partial charge is 0.183 e. The quantitative estimate of drug-likeness (QED) is 0.764. The van der Waals surface area contributed by atoms with Gasteiger partial charge in [0.2, 0.25) is 0 Å². The second-order valence-electron chi connectivity index (χ2n) is 4.15. The third kappa shape index (κ3) is 3.82. The predicted molar refractivity (Wildman–Crippen MR) is 69.6 cm³/mol. The van der Waals surface area contributed by atoms with Crippen LogP contribution in [0.15, 0.2) is 6.20 Å². The fraction of sp³-hybridized carbons (Fsp3) is 0.667. The van der Waals surface area contributed by atoms with Crippen LogP contribution in [0.2, 0.25) is 5.02 Å². The normalized spacial score (nSPS) is 12.7. The predicted octanol–water partition coefficient (Wildman–Crippen LogP) is 2.52. The summed E-state index contributed by atoms with van der Waals surface area (Å²) in [6.45, 7) is 7.65. The molecule has 1 unspecified atom stereocenters. The van der Waals surface area contributed by atoms with Crippen molar-refractivity contribution in [2.45, 2.75) is 46.2 Å². The maximum absolute atomic E-state index is 12.1. The molecule has 0 aromatic carbocycles. The highest BCUT2D eigenvalue weighted by molar-refractivity contribution is 6.33. The van der Waals surface area contributed by atoms with Gasteiger partial charge in [-0.25, -0.2) is 0 Å². The monoisotopic (exact) mass is 257 g/mol. The Balaban J connectivity index is 2.77. The van der Waals surface area contributed by atoms with Crippen molar-refractivity contribution in [3.8, 4) is 0 Å². The van der Waals surface area contributed by atoms with Gasteiger partial charge in [-0.15, -0.1) is 0 Å². The first-order chi connectivity index (χ1) is 8.10. The lowest BCUT2D eigenvalue weighted by molar-refractivity contribution is 0.0961. The molecule has 0 fully saturated rings. The summed E-state index contributed by atoms with van der Waals surface area (Å²) < 4.78 is 1.70. The summed E-state index contributed by atoms with van der Waals surface area (Å²) >= 11 is 6.01. The molecule has 1 aromatic rings. The van der Waals surface area contributed by atoms with Crippen molar-refractivity contribution in [3.63, 3.8) is 0 Å². The van der Waals surface area contributed by atoms with Crippen molar-refractivity contribution < 1.29 is 4.79 Å². The highest BCUT2D eigenvalue weighted by Crippen LogP contribution is 2.18. The van der Waals surface area contributed by atoms with Gasteiger partial charge in [-0.1, -0.05) is 25.4 Å². The second kappa shape index (κ2) is 6.77. The molecule has 0 spiro atoms. The molecule has 1 aromatic heterocycles. The van der Waals surface area contributed by atoms with Crippen molar-refractivity contribution in [2.75, 3.05) is 6.54 Å². The van der Waals surface area contributed by atoms with Crippen LogP contribution < -0.4 is 5.32 Å². The Morgan fingerprint density at radius 1 is 1.59 bits per heavy atom. The molecule has 0 aliphatic carbocycles. The molecule has 0 amide bonds. The number of nitrogens with one attached hydrogen (secondary N) is 1. The van der Waals surface area contributed by atoms with Crippen LogP contribution in [0, 0.1) is 0 Å². The van der Waals surface area contributed by atoms with E-state index in [-0.39, 0.29) is 11.8 Å². The van der Waals surface area contributed by atoms with Gasteiger partial charge in [-0.2, -0.15) is 5.10 Å². The number of carbonyl (C=O) groups is 1. The average molecular weight is 258 g/mol. The summed E-state index contributed by atoms with van der Waals surface area (Å²) in [7, 11) is 0. The zero-order valence-electron chi connectivity index (χ0n) is 10.7. The first kappa shape index (κ1) is 14.2. The summed E-state index contributed by atoms with van der Waals surface area (Å²) in [6, 6.07) is 0.161. The molecule has 1 atom stereocenters. The summed E-state index contributed by atoms with van der Waals surface area (Å²) in [5, 5.41) is 7.79. The summed E-state index contributed by atoms with van der Waals surface area (Å²) in [4.78, 5) is 12.1. The molecule has 0 bridgehead atoms. The lowest BCUT2D eigenvalue weighted by atomic mass is 10.1. The number of rotatable bonds is 7. The van der Waals surface area contributed by atoms with Crippen molar-refractivity contribution in [3.05, 3.63) is 16.9 Å². The maximum Gasteiger partial charge on any atom is 0.183 e. The molecular weight excluding hydrogens is 238 g/mol. The standard InChI is InChI=1S/C12H20ClN3O/c1-4-6-16-12(10(13)8-15-16)11(17)7-9(3)14-5-2/h8-9,14H,4-7H2,1-3H3. The van der Waals surface area contributed by atoms with Crippen LogP contribution in [0.4, 0.5) is 0 Å². The largest absolute Gasteiger partial charge is 0.314 e. The molecule has 0 aliphatic rings. The minimum atomic E-state index is 0.0504. The van der Waals surface area contributed by atoms with Crippen LogP contribution in [0.1, 0.15) is 44.1 Å². The number of halogens is 1. The van der Waals surface area contributed by atoms with Crippen LogP contribution >= 0.6 is 11.6 Å². The van der Waals surface area contributed by atoms with Gasteiger partial charge in [-0.3, -0.25) is 9.48 Å². The summed E-state index contributed by atoms with van der Waals surface area (Å²) in [5.41, 5.74) is 0.540. The van der Waals surface area contributed by atoms with Gasteiger partial charge in [0, 0.05) is 19.0 Å². The van der Waals surface area contributed by atoms with Gasteiger partial charge in [-0.05, 0) is 19.9 Å². The molecule has 5 heteroatoms. The van der Waals surface area contributed by atoms with Gasteiger partial charge in [0.05, 0.1) is 11.2 Å². The highest BCUT2D eigenvalue weighted by atomic mass is 35.5. The van der Waals surface area contributed by atoms with E-state index in [4.69, 9.17) is 11.6 Å². The van der Waals surface area contributed by atoms with Crippen LogP contribution in [0.25, 0.3) is 0 Å². The van der Waals surface area contributed by atoms with Gasteiger partial charge < -0.3 is 5.32 Å². The lowest BCUT2D eigenvalue weighted by Crippen LogP contribution is -2.29. The Labute approximate surface area is 107 Å². The second-order valence-corrected chi connectivity index (χ2v) is 4.56. The van der Waals surface area contributed by atoms with E-state index in [1.807, 2.05) is 20.8 Å². The van der Waals surface area contributed by atoms with Gasteiger partial charge in [0.1, 0.15) is 5.69 Å². The van der Waals surface area contributed by atoms with Gasteiger partial charge in [0.15, 0.2) is 5.78 Å². The SMILES string of the molecule is CCCn1ncc(Cl)c1C(=O)CC(C)NCC. The number of hydrogen-bond donors (Lipinski definition) is 1. The fourth-order valence-electron chi connectivity index (χ4n) is 1.82.